The summed E-state index contributed by atoms with van der Waals surface area (Å²) in [6.07, 6.45) is 3.89. The first-order chi connectivity index (χ1) is 8.53. The second-order valence-corrected chi connectivity index (χ2v) is 6.11. The third kappa shape index (κ3) is 2.71. The SMILES string of the molecule is CC(C)(C(N)c1ccccc1Cl)N1CCCCC1. The quantitative estimate of drug-likeness (QED) is 0.906. The molecule has 0 bridgehead atoms. The Balaban J connectivity index is 2.20. The third-order valence-corrected chi connectivity index (χ3v) is 4.52. The Morgan fingerprint density at radius 1 is 1.17 bits per heavy atom. The zero-order valence-electron chi connectivity index (χ0n) is 11.3. The number of rotatable bonds is 3. The highest BCUT2D eigenvalue weighted by Gasteiger charge is 2.35. The molecule has 1 fully saturated rings. The van der Waals surface area contributed by atoms with Crippen LogP contribution in [0.3, 0.4) is 0 Å². The van der Waals surface area contributed by atoms with Crippen molar-refractivity contribution in [2.24, 2.45) is 5.73 Å². The van der Waals surface area contributed by atoms with Crippen molar-refractivity contribution in [3.63, 3.8) is 0 Å². The average molecular weight is 267 g/mol. The van der Waals surface area contributed by atoms with Gasteiger partial charge in [0, 0.05) is 16.6 Å². The Hall–Kier alpha value is -0.570. The molecule has 1 aromatic rings. The Morgan fingerprint density at radius 3 is 2.39 bits per heavy atom. The molecule has 2 N–H and O–H groups in total. The van der Waals surface area contributed by atoms with Crippen LogP contribution in [0.4, 0.5) is 0 Å². The predicted molar refractivity (Wildman–Crippen MR) is 77.9 cm³/mol. The molecule has 0 amide bonds. The van der Waals surface area contributed by atoms with Gasteiger partial charge in [-0.15, -0.1) is 0 Å². The van der Waals surface area contributed by atoms with E-state index < -0.39 is 0 Å². The van der Waals surface area contributed by atoms with Gasteiger partial charge in [0.15, 0.2) is 0 Å². The number of benzene rings is 1. The molecular weight excluding hydrogens is 244 g/mol. The number of halogens is 1. The van der Waals surface area contributed by atoms with Gasteiger partial charge in [-0.2, -0.15) is 0 Å². The zero-order valence-corrected chi connectivity index (χ0v) is 12.1. The van der Waals surface area contributed by atoms with Crippen LogP contribution in [-0.4, -0.2) is 23.5 Å². The summed E-state index contributed by atoms with van der Waals surface area (Å²) in [5, 5.41) is 0.773. The van der Waals surface area contributed by atoms with Crippen molar-refractivity contribution in [2.45, 2.75) is 44.7 Å². The average Bonchev–Trinajstić information content (AvgIpc) is 2.39. The van der Waals surface area contributed by atoms with Crippen molar-refractivity contribution in [1.82, 2.24) is 4.90 Å². The lowest BCUT2D eigenvalue weighted by Gasteiger charge is -2.45. The number of piperidine rings is 1. The van der Waals surface area contributed by atoms with Crippen LogP contribution in [0.5, 0.6) is 0 Å². The molecule has 1 aliphatic rings. The largest absolute Gasteiger partial charge is 0.322 e. The summed E-state index contributed by atoms with van der Waals surface area (Å²) in [6, 6.07) is 7.87. The molecular formula is C15H23ClN2. The van der Waals surface area contributed by atoms with Crippen LogP contribution < -0.4 is 5.73 Å². The molecule has 100 valence electrons. The topological polar surface area (TPSA) is 29.3 Å². The molecule has 1 atom stereocenters. The number of hydrogen-bond donors (Lipinski definition) is 1. The molecule has 0 aliphatic carbocycles. The maximum absolute atomic E-state index is 6.48. The van der Waals surface area contributed by atoms with Crippen LogP contribution in [0.2, 0.25) is 5.02 Å². The van der Waals surface area contributed by atoms with Crippen LogP contribution in [0.25, 0.3) is 0 Å². The summed E-state index contributed by atoms with van der Waals surface area (Å²) in [4.78, 5) is 2.50. The van der Waals surface area contributed by atoms with E-state index in [4.69, 9.17) is 17.3 Å². The van der Waals surface area contributed by atoms with Gasteiger partial charge in [0.05, 0.1) is 0 Å². The van der Waals surface area contributed by atoms with Crippen molar-refractivity contribution in [3.8, 4) is 0 Å². The molecule has 2 rings (SSSR count). The first kappa shape index (κ1) is 13.9. The first-order valence-electron chi connectivity index (χ1n) is 6.78. The lowest BCUT2D eigenvalue weighted by molar-refractivity contribution is 0.0730. The van der Waals surface area contributed by atoms with Crippen molar-refractivity contribution in [2.75, 3.05) is 13.1 Å². The van der Waals surface area contributed by atoms with E-state index in [9.17, 15) is 0 Å². The highest BCUT2D eigenvalue weighted by Crippen LogP contribution is 2.34. The second kappa shape index (κ2) is 5.60. The fraction of sp³-hybridized carbons (Fsp3) is 0.600. The fourth-order valence-corrected chi connectivity index (χ4v) is 3.03. The number of nitrogens with zero attached hydrogens (tertiary/aromatic N) is 1. The van der Waals surface area contributed by atoms with Gasteiger partial charge in [-0.05, 0) is 51.4 Å². The van der Waals surface area contributed by atoms with E-state index >= 15 is 0 Å². The summed E-state index contributed by atoms with van der Waals surface area (Å²) in [5.41, 5.74) is 7.48. The highest BCUT2D eigenvalue weighted by atomic mass is 35.5. The smallest absolute Gasteiger partial charge is 0.0491 e. The molecule has 0 radical (unpaired) electrons. The predicted octanol–water partition coefficient (Wildman–Crippen LogP) is 3.60. The number of nitrogens with two attached hydrogens (primary N) is 1. The summed E-state index contributed by atoms with van der Waals surface area (Å²) < 4.78 is 0. The summed E-state index contributed by atoms with van der Waals surface area (Å²) >= 11 is 6.27. The van der Waals surface area contributed by atoms with Gasteiger partial charge in [-0.25, -0.2) is 0 Å². The minimum Gasteiger partial charge on any atom is -0.322 e. The lowest BCUT2D eigenvalue weighted by atomic mass is 9.86. The third-order valence-electron chi connectivity index (χ3n) is 4.17. The van der Waals surface area contributed by atoms with Gasteiger partial charge in [0.1, 0.15) is 0 Å². The second-order valence-electron chi connectivity index (χ2n) is 5.70. The minimum absolute atomic E-state index is 0.0502. The van der Waals surface area contributed by atoms with Gasteiger partial charge < -0.3 is 5.73 Å². The van der Waals surface area contributed by atoms with E-state index in [2.05, 4.69) is 18.7 Å². The van der Waals surface area contributed by atoms with E-state index in [1.54, 1.807) is 0 Å². The van der Waals surface area contributed by atoms with E-state index in [1.165, 1.54) is 19.3 Å². The maximum Gasteiger partial charge on any atom is 0.0491 e. The monoisotopic (exact) mass is 266 g/mol. The molecule has 1 aliphatic heterocycles. The van der Waals surface area contributed by atoms with E-state index in [-0.39, 0.29) is 11.6 Å². The molecule has 2 nitrogen and oxygen atoms in total. The maximum atomic E-state index is 6.48. The van der Waals surface area contributed by atoms with Crippen LogP contribution >= 0.6 is 11.6 Å². The minimum atomic E-state index is -0.0516. The molecule has 3 heteroatoms. The van der Waals surface area contributed by atoms with Gasteiger partial charge in [0.2, 0.25) is 0 Å². The lowest BCUT2D eigenvalue weighted by Crippen LogP contribution is -2.53. The molecule has 1 heterocycles. The Bertz CT molecular complexity index is 397. The van der Waals surface area contributed by atoms with Gasteiger partial charge >= 0.3 is 0 Å². The van der Waals surface area contributed by atoms with E-state index in [0.717, 1.165) is 23.7 Å². The van der Waals surface area contributed by atoms with Crippen LogP contribution in [0.15, 0.2) is 24.3 Å². The fourth-order valence-electron chi connectivity index (χ4n) is 2.77. The first-order valence-corrected chi connectivity index (χ1v) is 7.16. The van der Waals surface area contributed by atoms with Crippen molar-refractivity contribution < 1.29 is 0 Å². The van der Waals surface area contributed by atoms with E-state index in [1.807, 2.05) is 24.3 Å². The van der Waals surface area contributed by atoms with Gasteiger partial charge in [0.25, 0.3) is 0 Å². The Kier molecular flexibility index (Phi) is 4.31. The summed E-state index contributed by atoms with van der Waals surface area (Å²) in [7, 11) is 0. The van der Waals surface area contributed by atoms with Gasteiger partial charge in [-0.1, -0.05) is 36.2 Å². The molecule has 18 heavy (non-hydrogen) atoms. The summed E-state index contributed by atoms with van der Waals surface area (Å²) in [5.74, 6) is 0. The van der Waals surface area contributed by atoms with Crippen LogP contribution in [0, 0.1) is 0 Å². The highest BCUT2D eigenvalue weighted by molar-refractivity contribution is 6.31. The van der Waals surface area contributed by atoms with Crippen LogP contribution in [0.1, 0.15) is 44.7 Å². The normalized spacial score (nSPS) is 19.8. The molecule has 0 spiro atoms. The molecule has 0 saturated carbocycles. The van der Waals surface area contributed by atoms with Crippen molar-refractivity contribution in [1.29, 1.82) is 0 Å². The van der Waals surface area contributed by atoms with Crippen molar-refractivity contribution >= 4 is 11.6 Å². The molecule has 0 aromatic heterocycles. The standard InChI is InChI=1S/C15H23ClN2/c1-15(2,18-10-6-3-7-11-18)14(17)12-8-4-5-9-13(12)16/h4-5,8-9,14H,3,6-7,10-11,17H2,1-2H3. The van der Waals surface area contributed by atoms with Gasteiger partial charge in [-0.3, -0.25) is 4.90 Å². The Labute approximate surface area is 115 Å². The number of likely N-dealkylation sites (tertiary alicyclic amines) is 1. The summed E-state index contributed by atoms with van der Waals surface area (Å²) in [6.45, 7) is 6.74. The number of hydrogen-bond acceptors (Lipinski definition) is 2. The molecule has 1 unspecified atom stereocenters. The Morgan fingerprint density at radius 2 is 1.78 bits per heavy atom. The van der Waals surface area contributed by atoms with Crippen molar-refractivity contribution in [3.05, 3.63) is 34.9 Å². The molecule has 1 saturated heterocycles. The van der Waals surface area contributed by atoms with Crippen LogP contribution in [-0.2, 0) is 0 Å². The van der Waals surface area contributed by atoms with E-state index in [0.29, 0.717) is 0 Å². The zero-order chi connectivity index (χ0) is 13.2. The molecule has 1 aromatic carbocycles.